The minimum Gasteiger partial charge on any atom is -0.291 e. The molecule has 65 valence electrons. The van der Waals surface area contributed by atoms with E-state index in [1.165, 1.54) is 0 Å². The van der Waals surface area contributed by atoms with Crippen molar-refractivity contribution in [3.05, 3.63) is 5.82 Å². The SMILES string of the molecule is CC(C)(C[C]=O)Cc1nnn[nH]1. The van der Waals surface area contributed by atoms with Crippen LogP contribution >= 0.6 is 0 Å². The van der Waals surface area contributed by atoms with Crippen LogP contribution in [-0.2, 0) is 11.2 Å². The summed E-state index contributed by atoms with van der Waals surface area (Å²) in [5.74, 6) is 0.704. The number of aromatic nitrogens is 4. The first-order valence-electron chi connectivity index (χ1n) is 3.72. The second kappa shape index (κ2) is 3.42. The van der Waals surface area contributed by atoms with E-state index in [0.29, 0.717) is 18.7 Å². The highest BCUT2D eigenvalue weighted by Crippen LogP contribution is 2.22. The van der Waals surface area contributed by atoms with Gasteiger partial charge in [-0.3, -0.25) is 4.79 Å². The Hall–Kier alpha value is -1.26. The van der Waals surface area contributed by atoms with Crippen molar-refractivity contribution in [3.8, 4) is 0 Å². The van der Waals surface area contributed by atoms with Gasteiger partial charge in [0.2, 0.25) is 0 Å². The smallest absolute Gasteiger partial charge is 0.198 e. The summed E-state index contributed by atoms with van der Waals surface area (Å²) in [6, 6.07) is 0. The summed E-state index contributed by atoms with van der Waals surface area (Å²) < 4.78 is 0. The summed E-state index contributed by atoms with van der Waals surface area (Å²) in [5, 5.41) is 13.3. The minimum absolute atomic E-state index is 0.122. The van der Waals surface area contributed by atoms with E-state index in [-0.39, 0.29) is 5.41 Å². The Morgan fingerprint density at radius 3 is 2.83 bits per heavy atom. The van der Waals surface area contributed by atoms with Crippen LogP contribution in [0.5, 0.6) is 0 Å². The molecule has 1 aromatic heterocycles. The van der Waals surface area contributed by atoms with E-state index in [1.54, 1.807) is 0 Å². The maximum atomic E-state index is 10.2. The van der Waals surface area contributed by atoms with Gasteiger partial charge < -0.3 is 0 Å². The fourth-order valence-corrected chi connectivity index (χ4v) is 0.965. The van der Waals surface area contributed by atoms with E-state index in [2.05, 4.69) is 20.6 Å². The molecule has 1 heterocycles. The molecular formula is C7H11N4O. The summed E-state index contributed by atoms with van der Waals surface area (Å²) in [4.78, 5) is 10.2. The van der Waals surface area contributed by atoms with Crippen molar-refractivity contribution in [2.75, 3.05) is 0 Å². The number of hydrogen-bond donors (Lipinski definition) is 1. The topological polar surface area (TPSA) is 71.5 Å². The highest BCUT2D eigenvalue weighted by Gasteiger charge is 2.20. The molecule has 0 atom stereocenters. The maximum Gasteiger partial charge on any atom is 0.198 e. The zero-order valence-electron chi connectivity index (χ0n) is 7.16. The van der Waals surface area contributed by atoms with Crippen LogP contribution in [0.2, 0.25) is 0 Å². The molecule has 0 aliphatic heterocycles. The summed E-state index contributed by atoms with van der Waals surface area (Å²) in [6.45, 7) is 3.95. The van der Waals surface area contributed by atoms with Gasteiger partial charge in [-0.05, 0) is 15.8 Å². The molecule has 0 saturated heterocycles. The molecule has 5 heteroatoms. The van der Waals surface area contributed by atoms with Crippen LogP contribution in [0.3, 0.4) is 0 Å². The van der Waals surface area contributed by atoms with Crippen molar-refractivity contribution in [3.63, 3.8) is 0 Å². The molecule has 1 radical (unpaired) electrons. The Morgan fingerprint density at radius 1 is 1.58 bits per heavy atom. The molecule has 0 amide bonds. The third-order valence-electron chi connectivity index (χ3n) is 1.59. The highest BCUT2D eigenvalue weighted by molar-refractivity contribution is 5.51. The first-order valence-corrected chi connectivity index (χ1v) is 3.72. The predicted molar refractivity (Wildman–Crippen MR) is 42.0 cm³/mol. The van der Waals surface area contributed by atoms with Crippen molar-refractivity contribution in [1.82, 2.24) is 20.6 Å². The summed E-state index contributed by atoms with van der Waals surface area (Å²) in [6.07, 6.45) is 2.95. The summed E-state index contributed by atoms with van der Waals surface area (Å²) >= 11 is 0. The molecule has 0 spiro atoms. The lowest BCUT2D eigenvalue weighted by molar-refractivity contribution is 0.362. The zero-order chi connectivity index (χ0) is 9.03. The van der Waals surface area contributed by atoms with E-state index < -0.39 is 0 Å². The third-order valence-corrected chi connectivity index (χ3v) is 1.59. The number of rotatable bonds is 4. The molecule has 0 aromatic carbocycles. The first kappa shape index (κ1) is 8.83. The van der Waals surface area contributed by atoms with Crippen molar-refractivity contribution >= 4 is 6.29 Å². The van der Waals surface area contributed by atoms with Crippen molar-refractivity contribution in [2.24, 2.45) is 5.41 Å². The average molecular weight is 167 g/mol. The van der Waals surface area contributed by atoms with Crippen LogP contribution < -0.4 is 0 Å². The molecule has 1 aromatic rings. The first-order chi connectivity index (χ1) is 5.64. The van der Waals surface area contributed by atoms with Crippen molar-refractivity contribution < 1.29 is 4.79 Å². The normalized spacial score (nSPS) is 11.5. The standard InChI is InChI=1S/C7H11N4O/c1-7(2,3-4-12)5-6-8-10-11-9-6/h3,5H2,1-2H3,(H,8,9,10,11). The second-order valence-electron chi connectivity index (χ2n) is 3.51. The van der Waals surface area contributed by atoms with Crippen molar-refractivity contribution in [1.29, 1.82) is 0 Å². The molecule has 0 aliphatic carbocycles. The number of hydrogen-bond acceptors (Lipinski definition) is 4. The molecule has 5 nitrogen and oxygen atoms in total. The van der Waals surface area contributed by atoms with Gasteiger partial charge in [0.15, 0.2) is 6.29 Å². The fraction of sp³-hybridized carbons (Fsp3) is 0.714. The maximum absolute atomic E-state index is 10.2. The number of nitrogens with one attached hydrogen (secondary N) is 1. The molecule has 1 rings (SSSR count). The van der Waals surface area contributed by atoms with Crippen LogP contribution in [0.25, 0.3) is 0 Å². The van der Waals surface area contributed by atoms with E-state index in [4.69, 9.17) is 0 Å². The number of tetrazole rings is 1. The van der Waals surface area contributed by atoms with Gasteiger partial charge in [-0.2, -0.15) is 0 Å². The summed E-state index contributed by atoms with van der Waals surface area (Å²) in [5.41, 5.74) is -0.122. The van der Waals surface area contributed by atoms with Gasteiger partial charge in [-0.1, -0.05) is 13.8 Å². The predicted octanol–water partition coefficient (Wildman–Crippen LogP) is 0.268. The zero-order valence-corrected chi connectivity index (χ0v) is 7.16. The van der Waals surface area contributed by atoms with Crippen molar-refractivity contribution in [2.45, 2.75) is 26.7 Å². The molecule has 0 bridgehead atoms. The molecule has 0 aliphatic rings. The second-order valence-corrected chi connectivity index (χ2v) is 3.51. The van der Waals surface area contributed by atoms with E-state index in [1.807, 2.05) is 20.1 Å². The molecule has 12 heavy (non-hydrogen) atoms. The lowest BCUT2D eigenvalue weighted by Gasteiger charge is -2.18. The molecule has 0 saturated carbocycles. The average Bonchev–Trinajstić information content (AvgIpc) is 2.38. The van der Waals surface area contributed by atoms with Gasteiger partial charge in [0.1, 0.15) is 5.82 Å². The Kier molecular flexibility index (Phi) is 2.52. The monoisotopic (exact) mass is 167 g/mol. The number of H-pyrrole nitrogens is 1. The molecule has 0 fully saturated rings. The number of carbonyl (C=O) groups excluding carboxylic acids is 1. The van der Waals surface area contributed by atoms with Crippen LogP contribution in [0.4, 0.5) is 0 Å². The van der Waals surface area contributed by atoms with Gasteiger partial charge in [-0.15, -0.1) is 5.10 Å². The minimum atomic E-state index is -0.122. The van der Waals surface area contributed by atoms with Gasteiger partial charge in [0.25, 0.3) is 0 Å². The van der Waals surface area contributed by atoms with Crippen LogP contribution in [0.15, 0.2) is 0 Å². The van der Waals surface area contributed by atoms with Crippen LogP contribution in [0, 0.1) is 5.41 Å². The van der Waals surface area contributed by atoms with Gasteiger partial charge in [-0.25, -0.2) is 5.10 Å². The molecule has 1 N–H and O–H groups in total. The third kappa shape index (κ3) is 2.41. The number of nitrogens with zero attached hydrogens (tertiary/aromatic N) is 3. The Balaban J connectivity index is 2.55. The van der Waals surface area contributed by atoms with Crippen LogP contribution in [0.1, 0.15) is 26.1 Å². The molecular weight excluding hydrogens is 156 g/mol. The highest BCUT2D eigenvalue weighted by atomic mass is 16.1. The van der Waals surface area contributed by atoms with E-state index in [0.717, 1.165) is 0 Å². The molecule has 0 unspecified atom stereocenters. The van der Waals surface area contributed by atoms with Crippen LogP contribution in [-0.4, -0.2) is 26.9 Å². The van der Waals surface area contributed by atoms with Gasteiger partial charge in [0.05, 0.1) is 0 Å². The Morgan fingerprint density at radius 2 is 2.33 bits per heavy atom. The van der Waals surface area contributed by atoms with Gasteiger partial charge >= 0.3 is 0 Å². The largest absolute Gasteiger partial charge is 0.291 e. The Bertz CT molecular complexity index is 242. The van der Waals surface area contributed by atoms with Gasteiger partial charge in [0, 0.05) is 12.8 Å². The van der Waals surface area contributed by atoms with E-state index in [9.17, 15) is 4.79 Å². The Labute approximate surface area is 70.6 Å². The fourth-order valence-electron chi connectivity index (χ4n) is 0.965. The lowest BCUT2D eigenvalue weighted by Crippen LogP contribution is -2.16. The summed E-state index contributed by atoms with van der Waals surface area (Å²) in [7, 11) is 0. The lowest BCUT2D eigenvalue weighted by atomic mass is 9.86. The van der Waals surface area contributed by atoms with E-state index >= 15 is 0 Å². The number of aromatic amines is 1. The quantitative estimate of drug-likeness (QED) is 0.698.